The average molecular weight is 287 g/mol. The normalized spacial score (nSPS) is 10.9. The van der Waals surface area contributed by atoms with Crippen molar-refractivity contribution in [3.05, 3.63) is 35.7 Å². The Kier molecular flexibility index (Phi) is 5.39. The summed E-state index contributed by atoms with van der Waals surface area (Å²) in [6, 6.07) is 6.35. The number of hydrogen-bond acceptors (Lipinski definition) is 3. The minimum absolute atomic E-state index is 0.825. The number of aromatic nitrogens is 2. The van der Waals surface area contributed by atoms with E-state index in [-0.39, 0.29) is 0 Å². The third-order valence-electron chi connectivity index (χ3n) is 3.60. The second-order valence-electron chi connectivity index (χ2n) is 5.19. The zero-order valence-electron chi connectivity index (χ0n) is 13.4. The first-order valence-corrected chi connectivity index (χ1v) is 7.61. The number of methoxy groups -OCH3 is 1. The van der Waals surface area contributed by atoms with Gasteiger partial charge >= 0.3 is 0 Å². The second-order valence-corrected chi connectivity index (χ2v) is 5.19. The number of rotatable bonds is 7. The topological polar surface area (TPSA) is 39.1 Å². The standard InChI is InChI=1S/C17H25N3O/c1-5-9-18-11-15-10-14(7-8-17(15)21-4)16-12-20(6-2)19-13(16)3/h7-8,10,12,18H,5-6,9,11H2,1-4H3. The first-order chi connectivity index (χ1) is 10.2. The number of ether oxygens (including phenoxy) is 1. The molecule has 1 aromatic carbocycles. The van der Waals surface area contributed by atoms with E-state index in [4.69, 9.17) is 4.74 Å². The molecule has 0 saturated carbocycles. The molecule has 4 nitrogen and oxygen atoms in total. The fraction of sp³-hybridized carbons (Fsp3) is 0.471. The van der Waals surface area contributed by atoms with E-state index >= 15 is 0 Å². The van der Waals surface area contributed by atoms with Gasteiger partial charge in [0, 0.05) is 30.4 Å². The molecule has 114 valence electrons. The van der Waals surface area contributed by atoms with Gasteiger partial charge in [-0.3, -0.25) is 4.68 Å². The van der Waals surface area contributed by atoms with Gasteiger partial charge in [-0.2, -0.15) is 5.10 Å². The molecule has 4 heteroatoms. The molecule has 1 aromatic heterocycles. The van der Waals surface area contributed by atoms with E-state index in [9.17, 15) is 0 Å². The Morgan fingerprint density at radius 2 is 2.10 bits per heavy atom. The molecule has 0 fully saturated rings. The summed E-state index contributed by atoms with van der Waals surface area (Å²) in [5.41, 5.74) is 4.64. The van der Waals surface area contributed by atoms with E-state index in [1.54, 1.807) is 7.11 Å². The molecular weight excluding hydrogens is 262 g/mol. The molecule has 0 aliphatic carbocycles. The highest BCUT2D eigenvalue weighted by molar-refractivity contribution is 5.67. The lowest BCUT2D eigenvalue weighted by Crippen LogP contribution is -2.14. The molecule has 0 radical (unpaired) electrons. The van der Waals surface area contributed by atoms with Crippen molar-refractivity contribution in [1.82, 2.24) is 15.1 Å². The summed E-state index contributed by atoms with van der Waals surface area (Å²) in [5.74, 6) is 0.933. The van der Waals surface area contributed by atoms with Gasteiger partial charge in [0.1, 0.15) is 5.75 Å². The summed E-state index contributed by atoms with van der Waals surface area (Å²) in [5, 5.41) is 7.96. The summed E-state index contributed by atoms with van der Waals surface area (Å²) in [6.45, 7) is 9.06. The van der Waals surface area contributed by atoms with Gasteiger partial charge in [-0.25, -0.2) is 0 Å². The Morgan fingerprint density at radius 1 is 1.29 bits per heavy atom. The SMILES string of the molecule is CCCNCc1cc(-c2cn(CC)nc2C)ccc1OC. The summed E-state index contributed by atoms with van der Waals surface area (Å²) in [7, 11) is 1.72. The number of nitrogens with one attached hydrogen (secondary N) is 1. The van der Waals surface area contributed by atoms with Crippen LogP contribution in [0.4, 0.5) is 0 Å². The van der Waals surface area contributed by atoms with Crippen LogP contribution in [0.15, 0.2) is 24.4 Å². The van der Waals surface area contributed by atoms with Crippen LogP contribution in [0.5, 0.6) is 5.75 Å². The molecular formula is C17H25N3O. The van der Waals surface area contributed by atoms with Gasteiger partial charge in [-0.15, -0.1) is 0 Å². The number of aryl methyl sites for hydroxylation is 2. The van der Waals surface area contributed by atoms with Crippen molar-refractivity contribution in [2.45, 2.75) is 40.3 Å². The minimum atomic E-state index is 0.825. The van der Waals surface area contributed by atoms with Crippen molar-refractivity contribution in [1.29, 1.82) is 0 Å². The van der Waals surface area contributed by atoms with Crippen LogP contribution >= 0.6 is 0 Å². The van der Waals surface area contributed by atoms with Crippen molar-refractivity contribution in [3.8, 4) is 16.9 Å². The second kappa shape index (κ2) is 7.27. The van der Waals surface area contributed by atoms with Crippen LogP contribution in [0.3, 0.4) is 0 Å². The molecule has 1 heterocycles. The summed E-state index contributed by atoms with van der Waals surface area (Å²) in [6.07, 6.45) is 3.24. The predicted molar refractivity (Wildman–Crippen MR) is 86.6 cm³/mol. The molecule has 2 aromatic rings. The van der Waals surface area contributed by atoms with Crippen LogP contribution in [0.25, 0.3) is 11.1 Å². The van der Waals surface area contributed by atoms with Gasteiger partial charge < -0.3 is 10.1 Å². The van der Waals surface area contributed by atoms with Crippen molar-refractivity contribution in [2.24, 2.45) is 0 Å². The maximum atomic E-state index is 5.46. The smallest absolute Gasteiger partial charge is 0.123 e. The molecule has 21 heavy (non-hydrogen) atoms. The number of hydrogen-bond donors (Lipinski definition) is 1. The van der Waals surface area contributed by atoms with Crippen LogP contribution in [0.1, 0.15) is 31.5 Å². The van der Waals surface area contributed by atoms with Crippen molar-refractivity contribution in [2.75, 3.05) is 13.7 Å². The Hall–Kier alpha value is -1.81. The highest BCUT2D eigenvalue weighted by Crippen LogP contribution is 2.28. The van der Waals surface area contributed by atoms with Crippen molar-refractivity contribution in [3.63, 3.8) is 0 Å². The molecule has 1 N–H and O–H groups in total. The molecule has 0 aliphatic heterocycles. The minimum Gasteiger partial charge on any atom is -0.496 e. The Morgan fingerprint density at radius 3 is 2.71 bits per heavy atom. The van der Waals surface area contributed by atoms with Crippen molar-refractivity contribution >= 4 is 0 Å². The monoisotopic (exact) mass is 287 g/mol. The lowest BCUT2D eigenvalue weighted by Gasteiger charge is -2.11. The summed E-state index contributed by atoms with van der Waals surface area (Å²) in [4.78, 5) is 0. The van der Waals surface area contributed by atoms with Crippen LogP contribution < -0.4 is 10.1 Å². The van der Waals surface area contributed by atoms with E-state index in [1.165, 1.54) is 16.7 Å². The number of benzene rings is 1. The van der Waals surface area contributed by atoms with E-state index in [0.29, 0.717) is 0 Å². The van der Waals surface area contributed by atoms with Gasteiger partial charge in [-0.05, 0) is 44.5 Å². The Labute approximate surface area is 127 Å². The average Bonchev–Trinajstić information content (AvgIpc) is 2.88. The predicted octanol–water partition coefficient (Wildman–Crippen LogP) is 3.39. The molecule has 0 aliphatic rings. The molecule has 2 rings (SSSR count). The fourth-order valence-electron chi connectivity index (χ4n) is 2.45. The maximum Gasteiger partial charge on any atom is 0.123 e. The first kappa shape index (κ1) is 15.6. The van der Waals surface area contributed by atoms with E-state index in [2.05, 4.69) is 49.5 Å². The highest BCUT2D eigenvalue weighted by Gasteiger charge is 2.10. The van der Waals surface area contributed by atoms with E-state index < -0.39 is 0 Å². The van der Waals surface area contributed by atoms with E-state index in [0.717, 1.165) is 37.5 Å². The Balaban J connectivity index is 2.31. The van der Waals surface area contributed by atoms with Gasteiger partial charge in [0.25, 0.3) is 0 Å². The van der Waals surface area contributed by atoms with Crippen LogP contribution in [-0.4, -0.2) is 23.4 Å². The van der Waals surface area contributed by atoms with Crippen LogP contribution in [-0.2, 0) is 13.1 Å². The number of nitrogens with zero attached hydrogens (tertiary/aromatic N) is 2. The molecule has 0 unspecified atom stereocenters. The molecule has 0 atom stereocenters. The maximum absolute atomic E-state index is 5.46. The fourth-order valence-corrected chi connectivity index (χ4v) is 2.45. The third kappa shape index (κ3) is 3.64. The van der Waals surface area contributed by atoms with Crippen LogP contribution in [0, 0.1) is 6.92 Å². The zero-order chi connectivity index (χ0) is 15.2. The summed E-state index contributed by atoms with van der Waals surface area (Å²) < 4.78 is 7.44. The Bertz CT molecular complexity index is 590. The molecule has 0 saturated heterocycles. The molecule has 0 amide bonds. The third-order valence-corrected chi connectivity index (χ3v) is 3.60. The van der Waals surface area contributed by atoms with Gasteiger partial charge in [0.05, 0.1) is 12.8 Å². The van der Waals surface area contributed by atoms with Gasteiger partial charge in [-0.1, -0.05) is 13.0 Å². The lowest BCUT2D eigenvalue weighted by molar-refractivity contribution is 0.408. The zero-order valence-corrected chi connectivity index (χ0v) is 13.4. The van der Waals surface area contributed by atoms with Gasteiger partial charge in [0.15, 0.2) is 0 Å². The quantitative estimate of drug-likeness (QED) is 0.793. The molecule has 0 spiro atoms. The van der Waals surface area contributed by atoms with E-state index in [1.807, 2.05) is 10.7 Å². The molecule has 0 bridgehead atoms. The van der Waals surface area contributed by atoms with Crippen molar-refractivity contribution < 1.29 is 4.74 Å². The first-order valence-electron chi connectivity index (χ1n) is 7.61. The highest BCUT2D eigenvalue weighted by atomic mass is 16.5. The van der Waals surface area contributed by atoms with Crippen LogP contribution in [0.2, 0.25) is 0 Å². The summed E-state index contributed by atoms with van der Waals surface area (Å²) >= 11 is 0. The lowest BCUT2D eigenvalue weighted by atomic mass is 10.0. The largest absolute Gasteiger partial charge is 0.496 e. The van der Waals surface area contributed by atoms with Gasteiger partial charge in [0.2, 0.25) is 0 Å².